The van der Waals surface area contributed by atoms with Crippen LogP contribution in [0.4, 0.5) is 17.2 Å². The number of nitrogens with zero attached hydrogens (tertiary/aromatic N) is 3. The number of para-hydroxylation sites is 1. The molecular formula is C33H37N7O3. The summed E-state index contributed by atoms with van der Waals surface area (Å²) in [6.07, 6.45) is 2.71. The van der Waals surface area contributed by atoms with Crippen LogP contribution in [0, 0.1) is 0 Å². The summed E-state index contributed by atoms with van der Waals surface area (Å²) in [6.45, 7) is 2.47. The van der Waals surface area contributed by atoms with Gasteiger partial charge in [0.15, 0.2) is 0 Å². The molecule has 4 heterocycles. The molecule has 4 aromatic rings. The van der Waals surface area contributed by atoms with Gasteiger partial charge in [0.2, 0.25) is 5.91 Å². The van der Waals surface area contributed by atoms with E-state index in [4.69, 9.17) is 4.74 Å². The summed E-state index contributed by atoms with van der Waals surface area (Å²) >= 11 is 0. The second kappa shape index (κ2) is 12.4. The van der Waals surface area contributed by atoms with Crippen molar-refractivity contribution < 1.29 is 14.3 Å². The third-order valence-corrected chi connectivity index (χ3v) is 7.76. The van der Waals surface area contributed by atoms with Crippen LogP contribution in [0.5, 0.6) is 0 Å². The molecule has 2 aromatic heterocycles. The molecule has 2 amide bonds. The Morgan fingerprint density at radius 2 is 1.91 bits per heavy atom. The first-order chi connectivity index (χ1) is 20.9. The van der Waals surface area contributed by atoms with Crippen molar-refractivity contribution in [1.29, 1.82) is 0 Å². The summed E-state index contributed by atoms with van der Waals surface area (Å²) in [5.41, 5.74) is 6.74. The van der Waals surface area contributed by atoms with Gasteiger partial charge in [-0.05, 0) is 49.5 Å². The molecular weight excluding hydrogens is 542 g/mol. The number of hydrogen-bond donors (Lipinski definition) is 4. The van der Waals surface area contributed by atoms with Crippen molar-refractivity contribution in [3.05, 3.63) is 95.3 Å². The summed E-state index contributed by atoms with van der Waals surface area (Å²) in [5, 5.41) is 9.79. The zero-order valence-corrected chi connectivity index (χ0v) is 24.7. The molecule has 10 heteroatoms. The number of carbonyl (C=O) groups is 2. The summed E-state index contributed by atoms with van der Waals surface area (Å²) < 4.78 is 5.77. The van der Waals surface area contributed by atoms with Gasteiger partial charge in [-0.15, -0.1) is 0 Å². The van der Waals surface area contributed by atoms with Gasteiger partial charge in [0, 0.05) is 56.2 Å². The maximum absolute atomic E-state index is 13.2. The van der Waals surface area contributed by atoms with Gasteiger partial charge in [0.25, 0.3) is 5.91 Å². The van der Waals surface area contributed by atoms with Crippen molar-refractivity contribution in [3.63, 3.8) is 0 Å². The minimum atomic E-state index is -0.159. The van der Waals surface area contributed by atoms with Crippen molar-refractivity contribution in [2.45, 2.75) is 25.2 Å². The second-order valence-electron chi connectivity index (χ2n) is 11.3. The topological polar surface area (TPSA) is 118 Å². The molecule has 0 bridgehead atoms. The van der Waals surface area contributed by atoms with Crippen LogP contribution in [-0.4, -0.2) is 78.6 Å². The summed E-state index contributed by atoms with van der Waals surface area (Å²) in [7, 11) is 5.91. The number of amides is 2. The first kappa shape index (κ1) is 28.6. The number of epoxide rings is 1. The van der Waals surface area contributed by atoms with Gasteiger partial charge in [-0.25, -0.2) is 4.98 Å². The molecule has 2 aliphatic heterocycles. The van der Waals surface area contributed by atoms with Crippen molar-refractivity contribution in [1.82, 2.24) is 25.1 Å². The molecule has 2 aromatic carbocycles. The van der Waals surface area contributed by atoms with E-state index in [0.717, 1.165) is 59.0 Å². The van der Waals surface area contributed by atoms with Crippen LogP contribution in [0.25, 0.3) is 11.3 Å². The highest BCUT2D eigenvalue weighted by Gasteiger charge is 2.39. The lowest BCUT2D eigenvalue weighted by atomic mass is 10.0. The predicted molar refractivity (Wildman–Crippen MR) is 167 cm³/mol. The molecule has 0 spiro atoms. The lowest BCUT2D eigenvalue weighted by Crippen LogP contribution is -2.34. The molecule has 1 saturated heterocycles. The minimum Gasteiger partial charge on any atom is -0.356 e. The molecule has 1 fully saturated rings. The molecule has 2 aliphatic rings. The van der Waals surface area contributed by atoms with Crippen LogP contribution >= 0.6 is 0 Å². The van der Waals surface area contributed by atoms with E-state index in [1.165, 1.54) is 0 Å². The number of H-pyrrole nitrogens is 1. The van der Waals surface area contributed by atoms with Crippen LogP contribution < -0.4 is 16.0 Å². The fraction of sp³-hybridized carbons (Fsp3) is 0.303. The highest BCUT2D eigenvalue weighted by molar-refractivity contribution is 6.06. The third-order valence-electron chi connectivity index (χ3n) is 7.76. The SMILES string of the molecule is CN(C)CCNC1OC1c1ccc(CC(=O)Nc2cc(-c3[nH]c4c(c3Nc3ccccc3)C(=O)N(C)CC4)ccn2)cc1. The molecule has 43 heavy (non-hydrogen) atoms. The Balaban J connectivity index is 1.14. The quantitative estimate of drug-likeness (QED) is 0.197. The molecule has 4 N–H and O–H groups in total. The minimum absolute atomic E-state index is 0.0276. The number of aromatic amines is 1. The van der Waals surface area contributed by atoms with E-state index in [1.54, 1.807) is 11.1 Å². The lowest BCUT2D eigenvalue weighted by molar-refractivity contribution is -0.115. The number of carbonyl (C=O) groups excluding carboxylic acids is 2. The lowest BCUT2D eigenvalue weighted by Gasteiger charge is -2.23. The summed E-state index contributed by atoms with van der Waals surface area (Å²) in [4.78, 5) is 37.9. The number of pyridine rings is 1. The van der Waals surface area contributed by atoms with E-state index >= 15 is 0 Å². The largest absolute Gasteiger partial charge is 0.356 e. The molecule has 2 atom stereocenters. The first-order valence-corrected chi connectivity index (χ1v) is 14.6. The first-order valence-electron chi connectivity index (χ1n) is 14.6. The average molecular weight is 580 g/mol. The smallest absolute Gasteiger partial charge is 0.257 e. The number of aromatic nitrogens is 2. The van der Waals surface area contributed by atoms with Gasteiger partial charge >= 0.3 is 0 Å². The van der Waals surface area contributed by atoms with Gasteiger partial charge < -0.3 is 30.2 Å². The monoisotopic (exact) mass is 579 g/mol. The number of ether oxygens (including phenoxy) is 1. The Morgan fingerprint density at radius 1 is 1.12 bits per heavy atom. The van der Waals surface area contributed by atoms with Crippen LogP contribution in [0.3, 0.4) is 0 Å². The standard InChI is InChI=1S/C33H37N7O3/c1-39(2)18-16-35-32-31(43-32)22-11-9-21(10-12-22)19-27(41)38-26-20-23(13-15-34-26)29-30(36-24-7-5-4-6-8-24)28-25(37-29)14-17-40(3)33(28)42/h4-13,15,20,31-32,35-37H,14,16-19H2,1-3H3,(H,34,38,41). The third kappa shape index (κ3) is 6.61. The molecule has 6 rings (SSSR count). The fourth-order valence-electron chi connectivity index (χ4n) is 5.36. The summed E-state index contributed by atoms with van der Waals surface area (Å²) in [5.74, 6) is 0.257. The average Bonchev–Trinajstić information content (AvgIpc) is 3.67. The van der Waals surface area contributed by atoms with Crippen LogP contribution in [-0.2, 0) is 22.4 Å². The van der Waals surface area contributed by atoms with E-state index in [-0.39, 0.29) is 30.6 Å². The normalized spacial score (nSPS) is 17.6. The number of nitrogens with one attached hydrogen (secondary N) is 4. The molecule has 222 valence electrons. The number of fused-ring (bicyclic) bond motifs is 1. The highest BCUT2D eigenvalue weighted by Crippen LogP contribution is 2.39. The van der Waals surface area contributed by atoms with E-state index in [2.05, 4.69) is 30.8 Å². The molecule has 2 unspecified atom stereocenters. The maximum atomic E-state index is 13.2. The second-order valence-corrected chi connectivity index (χ2v) is 11.3. The van der Waals surface area contributed by atoms with Gasteiger partial charge in [-0.1, -0.05) is 42.5 Å². The number of anilines is 3. The van der Waals surface area contributed by atoms with Gasteiger partial charge in [0.05, 0.1) is 23.4 Å². The Hall–Kier alpha value is -4.51. The highest BCUT2D eigenvalue weighted by atomic mass is 16.6. The zero-order chi connectivity index (χ0) is 29.9. The van der Waals surface area contributed by atoms with Gasteiger partial charge in [-0.2, -0.15) is 0 Å². The number of hydrogen-bond acceptors (Lipinski definition) is 7. The fourth-order valence-corrected chi connectivity index (χ4v) is 5.36. The van der Waals surface area contributed by atoms with Crippen LogP contribution in [0.1, 0.15) is 33.3 Å². The van der Waals surface area contributed by atoms with E-state index in [0.29, 0.717) is 17.9 Å². The van der Waals surface area contributed by atoms with Crippen molar-refractivity contribution in [2.24, 2.45) is 0 Å². The summed E-state index contributed by atoms with van der Waals surface area (Å²) in [6, 6.07) is 21.5. The van der Waals surface area contributed by atoms with Crippen molar-refractivity contribution >= 4 is 29.0 Å². The Labute approximate surface area is 251 Å². The molecule has 0 radical (unpaired) electrons. The molecule has 0 saturated carbocycles. The predicted octanol–water partition coefficient (Wildman–Crippen LogP) is 4.18. The van der Waals surface area contributed by atoms with E-state index < -0.39 is 0 Å². The molecule has 0 aliphatic carbocycles. The van der Waals surface area contributed by atoms with Gasteiger partial charge in [-0.3, -0.25) is 14.9 Å². The molecule has 10 nitrogen and oxygen atoms in total. The number of rotatable bonds is 11. The van der Waals surface area contributed by atoms with Crippen LogP contribution in [0.2, 0.25) is 0 Å². The van der Waals surface area contributed by atoms with Crippen LogP contribution in [0.15, 0.2) is 72.9 Å². The Bertz CT molecular complexity index is 1600. The number of benzene rings is 2. The zero-order valence-electron chi connectivity index (χ0n) is 24.7. The van der Waals surface area contributed by atoms with Crippen molar-refractivity contribution in [3.8, 4) is 11.3 Å². The maximum Gasteiger partial charge on any atom is 0.257 e. The van der Waals surface area contributed by atoms with E-state index in [9.17, 15) is 9.59 Å². The van der Waals surface area contributed by atoms with Crippen molar-refractivity contribution in [2.75, 3.05) is 51.4 Å². The Morgan fingerprint density at radius 3 is 2.67 bits per heavy atom. The van der Waals surface area contributed by atoms with E-state index in [1.807, 2.05) is 87.9 Å². The Kier molecular flexibility index (Phi) is 8.24. The number of likely N-dealkylation sites (N-methyl/N-ethyl adjacent to an activating group) is 2. The van der Waals surface area contributed by atoms with Gasteiger partial charge in [0.1, 0.15) is 18.1 Å².